The zero-order chi connectivity index (χ0) is 7.40. The lowest BCUT2D eigenvalue weighted by atomic mass is 10.6. The summed E-state index contributed by atoms with van der Waals surface area (Å²) in [5.41, 5.74) is 0. The van der Waals surface area contributed by atoms with Crippen LogP contribution in [0.5, 0.6) is 0 Å². The third kappa shape index (κ3) is 1.49. The SMILES string of the molecule is Cn1ccc(NCC#N)n1. The molecule has 0 radical (unpaired) electrons. The van der Waals surface area contributed by atoms with Crippen LogP contribution in [0, 0.1) is 11.3 Å². The van der Waals surface area contributed by atoms with Crippen molar-refractivity contribution in [3.63, 3.8) is 0 Å². The van der Waals surface area contributed by atoms with Crippen molar-refractivity contribution in [2.45, 2.75) is 0 Å². The predicted molar refractivity (Wildman–Crippen MR) is 37.3 cm³/mol. The number of nitrogens with zero attached hydrogens (tertiary/aromatic N) is 3. The molecule has 0 spiro atoms. The Labute approximate surface area is 59.1 Å². The lowest BCUT2D eigenvalue weighted by molar-refractivity contribution is 0.770. The fourth-order valence-electron chi connectivity index (χ4n) is 0.639. The molecule has 4 heteroatoms. The van der Waals surface area contributed by atoms with Crippen molar-refractivity contribution in [3.8, 4) is 6.07 Å². The molecule has 0 saturated heterocycles. The zero-order valence-electron chi connectivity index (χ0n) is 5.70. The molecular formula is C6H8N4. The maximum Gasteiger partial charge on any atom is 0.148 e. The number of nitrogens with one attached hydrogen (secondary N) is 1. The van der Waals surface area contributed by atoms with Crippen molar-refractivity contribution in [1.29, 1.82) is 5.26 Å². The van der Waals surface area contributed by atoms with Crippen molar-refractivity contribution in [3.05, 3.63) is 12.3 Å². The van der Waals surface area contributed by atoms with Gasteiger partial charge in [-0.15, -0.1) is 0 Å². The Kier molecular flexibility index (Phi) is 1.90. The van der Waals surface area contributed by atoms with Crippen molar-refractivity contribution in [1.82, 2.24) is 9.78 Å². The second kappa shape index (κ2) is 2.87. The maximum absolute atomic E-state index is 8.19. The van der Waals surface area contributed by atoms with E-state index in [0.717, 1.165) is 5.82 Å². The van der Waals surface area contributed by atoms with Gasteiger partial charge in [0.25, 0.3) is 0 Å². The number of anilines is 1. The van der Waals surface area contributed by atoms with E-state index >= 15 is 0 Å². The lowest BCUT2D eigenvalue weighted by Crippen LogP contribution is -1.99. The van der Waals surface area contributed by atoms with Gasteiger partial charge in [0.2, 0.25) is 0 Å². The molecule has 52 valence electrons. The number of nitriles is 1. The molecule has 4 nitrogen and oxygen atoms in total. The molecule has 0 aliphatic carbocycles. The molecule has 0 aliphatic rings. The highest BCUT2D eigenvalue weighted by molar-refractivity contribution is 5.32. The maximum atomic E-state index is 8.19. The van der Waals surface area contributed by atoms with E-state index in [1.165, 1.54) is 0 Å². The summed E-state index contributed by atoms with van der Waals surface area (Å²) in [5, 5.41) is 15.0. The average Bonchev–Trinajstić information content (AvgIpc) is 2.31. The van der Waals surface area contributed by atoms with Crippen molar-refractivity contribution in [2.24, 2.45) is 7.05 Å². The van der Waals surface area contributed by atoms with Crippen LogP contribution in [0.3, 0.4) is 0 Å². The van der Waals surface area contributed by atoms with Crippen LogP contribution in [-0.4, -0.2) is 16.3 Å². The van der Waals surface area contributed by atoms with E-state index in [2.05, 4.69) is 10.4 Å². The Balaban J connectivity index is 2.52. The minimum atomic E-state index is 0.303. The molecule has 0 atom stereocenters. The van der Waals surface area contributed by atoms with Crippen molar-refractivity contribution in [2.75, 3.05) is 11.9 Å². The van der Waals surface area contributed by atoms with Gasteiger partial charge in [0.15, 0.2) is 0 Å². The summed E-state index contributed by atoms with van der Waals surface area (Å²) in [6.07, 6.45) is 1.82. The molecule has 0 aliphatic heterocycles. The van der Waals surface area contributed by atoms with Gasteiger partial charge in [-0.3, -0.25) is 4.68 Å². The van der Waals surface area contributed by atoms with Crippen LogP contribution in [0.25, 0.3) is 0 Å². The first-order valence-electron chi connectivity index (χ1n) is 2.93. The highest BCUT2D eigenvalue weighted by Gasteiger charge is 1.91. The normalized spacial score (nSPS) is 8.80. The van der Waals surface area contributed by atoms with Gasteiger partial charge in [0.1, 0.15) is 12.4 Å². The largest absolute Gasteiger partial charge is 0.356 e. The fourth-order valence-corrected chi connectivity index (χ4v) is 0.639. The van der Waals surface area contributed by atoms with E-state index in [1.807, 2.05) is 25.4 Å². The molecule has 0 unspecified atom stereocenters. The van der Waals surface area contributed by atoms with Crippen LogP contribution in [0.1, 0.15) is 0 Å². The number of aromatic nitrogens is 2. The Morgan fingerprint density at radius 2 is 2.70 bits per heavy atom. The predicted octanol–water partition coefficient (Wildman–Crippen LogP) is 0.356. The van der Waals surface area contributed by atoms with Crippen molar-refractivity contribution < 1.29 is 0 Å². The monoisotopic (exact) mass is 136 g/mol. The quantitative estimate of drug-likeness (QED) is 0.597. The second-order valence-corrected chi connectivity index (χ2v) is 1.89. The van der Waals surface area contributed by atoms with Crippen LogP contribution < -0.4 is 5.32 Å². The summed E-state index contributed by atoms with van der Waals surface area (Å²) >= 11 is 0. The third-order valence-corrected chi connectivity index (χ3v) is 1.06. The van der Waals surface area contributed by atoms with E-state index in [-0.39, 0.29) is 0 Å². The van der Waals surface area contributed by atoms with Gasteiger partial charge in [0.05, 0.1) is 6.07 Å². The minimum Gasteiger partial charge on any atom is -0.356 e. The molecule has 1 rings (SSSR count). The van der Waals surface area contributed by atoms with Gasteiger partial charge in [-0.1, -0.05) is 0 Å². The molecule has 0 bridgehead atoms. The number of hydrogen-bond acceptors (Lipinski definition) is 3. The number of hydrogen-bond donors (Lipinski definition) is 1. The summed E-state index contributed by atoms with van der Waals surface area (Å²) in [6.45, 7) is 0.303. The van der Waals surface area contributed by atoms with Crippen LogP contribution in [-0.2, 0) is 7.05 Å². The van der Waals surface area contributed by atoms with Gasteiger partial charge in [-0.2, -0.15) is 10.4 Å². The highest BCUT2D eigenvalue weighted by atomic mass is 15.3. The highest BCUT2D eigenvalue weighted by Crippen LogP contribution is 1.98. The first kappa shape index (κ1) is 6.62. The molecule has 1 aromatic rings. The zero-order valence-corrected chi connectivity index (χ0v) is 5.70. The summed E-state index contributed by atoms with van der Waals surface area (Å²) in [4.78, 5) is 0. The molecule has 0 amide bonds. The van der Waals surface area contributed by atoms with Crippen LogP contribution in [0.4, 0.5) is 5.82 Å². The Hall–Kier alpha value is -1.50. The van der Waals surface area contributed by atoms with Crippen LogP contribution in [0.2, 0.25) is 0 Å². The molecule has 0 saturated carbocycles. The summed E-state index contributed by atoms with van der Waals surface area (Å²) in [5.74, 6) is 0.740. The minimum absolute atomic E-state index is 0.303. The summed E-state index contributed by atoms with van der Waals surface area (Å²) in [6, 6.07) is 3.78. The molecule has 10 heavy (non-hydrogen) atoms. The Bertz CT molecular complexity index is 244. The fraction of sp³-hybridized carbons (Fsp3) is 0.333. The molecule has 0 fully saturated rings. The molecule has 0 aromatic carbocycles. The average molecular weight is 136 g/mol. The van der Waals surface area contributed by atoms with E-state index in [1.54, 1.807) is 4.68 Å². The molecule has 1 aromatic heterocycles. The number of rotatable bonds is 2. The molecule has 1 N–H and O–H groups in total. The topological polar surface area (TPSA) is 53.6 Å². The van der Waals surface area contributed by atoms with Gasteiger partial charge in [0, 0.05) is 19.3 Å². The van der Waals surface area contributed by atoms with E-state index in [9.17, 15) is 0 Å². The van der Waals surface area contributed by atoms with Crippen LogP contribution in [0.15, 0.2) is 12.3 Å². The van der Waals surface area contributed by atoms with Gasteiger partial charge in [-0.05, 0) is 0 Å². The lowest BCUT2D eigenvalue weighted by Gasteiger charge is -1.91. The van der Waals surface area contributed by atoms with Gasteiger partial charge >= 0.3 is 0 Å². The van der Waals surface area contributed by atoms with Gasteiger partial charge < -0.3 is 5.32 Å². The van der Waals surface area contributed by atoms with Crippen LogP contribution >= 0.6 is 0 Å². The van der Waals surface area contributed by atoms with E-state index < -0.39 is 0 Å². The first-order chi connectivity index (χ1) is 4.83. The Morgan fingerprint density at radius 1 is 1.90 bits per heavy atom. The second-order valence-electron chi connectivity index (χ2n) is 1.89. The smallest absolute Gasteiger partial charge is 0.148 e. The molecular weight excluding hydrogens is 128 g/mol. The van der Waals surface area contributed by atoms with E-state index in [0.29, 0.717) is 6.54 Å². The molecule has 1 heterocycles. The Morgan fingerprint density at radius 3 is 3.20 bits per heavy atom. The summed E-state index contributed by atoms with van der Waals surface area (Å²) < 4.78 is 1.68. The number of aryl methyl sites for hydroxylation is 1. The first-order valence-corrected chi connectivity index (χ1v) is 2.93. The van der Waals surface area contributed by atoms with Gasteiger partial charge in [-0.25, -0.2) is 0 Å². The van der Waals surface area contributed by atoms with E-state index in [4.69, 9.17) is 5.26 Å². The van der Waals surface area contributed by atoms with Crippen molar-refractivity contribution >= 4 is 5.82 Å². The standard InChI is InChI=1S/C6H8N4/c1-10-5-2-6(9-10)8-4-3-7/h2,5H,4H2,1H3,(H,8,9). The summed E-state index contributed by atoms with van der Waals surface area (Å²) in [7, 11) is 1.83. The third-order valence-electron chi connectivity index (χ3n) is 1.06.